The molecule has 0 aliphatic carbocycles. The number of rotatable bonds is 4. The van der Waals surface area contributed by atoms with Crippen LogP contribution in [0, 0.1) is 12.7 Å². The van der Waals surface area contributed by atoms with E-state index >= 15 is 0 Å². The van der Waals surface area contributed by atoms with Crippen molar-refractivity contribution in [1.29, 1.82) is 0 Å². The molecule has 0 unspecified atom stereocenters. The smallest absolute Gasteiger partial charge is 0.272 e. The van der Waals surface area contributed by atoms with Gasteiger partial charge in [0.15, 0.2) is 5.69 Å². The minimum absolute atomic E-state index is 0. The van der Waals surface area contributed by atoms with Gasteiger partial charge in [0.25, 0.3) is 5.91 Å². The number of aromatic amines is 1. The standard InChI is InChI=1S/C18H19FN6O.2ClH/c1-11-21-6-7-25(11)16-3-2-12(8-14(16)19)9-22-18(26)17-13-10-20-5-4-15(13)23-24-17;;/h2-3,6-8,20H,4-5,9-10H2,1H3,(H,22,26)(H,23,24);2*1H. The van der Waals surface area contributed by atoms with Gasteiger partial charge in [0.1, 0.15) is 11.6 Å². The highest BCUT2D eigenvalue weighted by molar-refractivity contribution is 5.94. The summed E-state index contributed by atoms with van der Waals surface area (Å²) in [6, 6.07) is 4.90. The van der Waals surface area contributed by atoms with E-state index in [2.05, 4.69) is 25.8 Å². The Balaban J connectivity index is 0.00000140. The molecule has 0 saturated heterocycles. The lowest BCUT2D eigenvalue weighted by atomic mass is 10.1. The van der Waals surface area contributed by atoms with Crippen LogP contribution < -0.4 is 10.6 Å². The molecule has 1 amide bonds. The minimum Gasteiger partial charge on any atom is -0.347 e. The van der Waals surface area contributed by atoms with E-state index in [4.69, 9.17) is 0 Å². The summed E-state index contributed by atoms with van der Waals surface area (Å²) in [7, 11) is 0. The van der Waals surface area contributed by atoms with Crippen molar-refractivity contribution in [2.75, 3.05) is 6.54 Å². The molecular formula is C18H21Cl2FN6O. The van der Waals surface area contributed by atoms with E-state index in [1.54, 1.807) is 29.1 Å². The Morgan fingerprint density at radius 2 is 2.18 bits per heavy atom. The number of H-pyrrole nitrogens is 1. The van der Waals surface area contributed by atoms with E-state index in [1.165, 1.54) is 6.07 Å². The monoisotopic (exact) mass is 426 g/mol. The summed E-state index contributed by atoms with van der Waals surface area (Å²) in [5, 5.41) is 13.1. The second-order valence-corrected chi connectivity index (χ2v) is 6.27. The van der Waals surface area contributed by atoms with Crippen molar-refractivity contribution in [3.8, 4) is 5.69 Å². The topological polar surface area (TPSA) is 87.6 Å². The molecule has 1 aliphatic rings. The van der Waals surface area contributed by atoms with Crippen molar-refractivity contribution in [2.45, 2.75) is 26.4 Å². The van der Waals surface area contributed by atoms with E-state index < -0.39 is 0 Å². The molecule has 2 aromatic heterocycles. The third-order valence-electron chi connectivity index (χ3n) is 4.57. The SMILES string of the molecule is Cc1nccn1-c1ccc(CNC(=O)c2n[nH]c3c2CNCC3)cc1F.Cl.Cl. The Morgan fingerprint density at radius 1 is 1.36 bits per heavy atom. The van der Waals surface area contributed by atoms with Crippen LogP contribution in [0.15, 0.2) is 30.6 Å². The van der Waals surface area contributed by atoms with Crippen LogP contribution in [-0.2, 0) is 19.5 Å². The van der Waals surface area contributed by atoms with Crippen molar-refractivity contribution < 1.29 is 9.18 Å². The zero-order valence-electron chi connectivity index (χ0n) is 15.2. The van der Waals surface area contributed by atoms with Crippen molar-refractivity contribution in [2.24, 2.45) is 0 Å². The molecule has 0 atom stereocenters. The summed E-state index contributed by atoms with van der Waals surface area (Å²) >= 11 is 0. The van der Waals surface area contributed by atoms with Crippen LogP contribution >= 0.6 is 24.8 Å². The quantitative estimate of drug-likeness (QED) is 0.597. The number of carbonyl (C=O) groups excluding carboxylic acids is 1. The number of halogens is 3. The second-order valence-electron chi connectivity index (χ2n) is 6.27. The van der Waals surface area contributed by atoms with Gasteiger partial charge in [0, 0.05) is 49.7 Å². The van der Waals surface area contributed by atoms with E-state index in [9.17, 15) is 9.18 Å². The predicted octanol–water partition coefficient (Wildman–Crippen LogP) is 2.46. The third kappa shape index (κ3) is 4.19. The first kappa shape index (κ1) is 21.9. The number of imidazole rings is 1. The fourth-order valence-electron chi connectivity index (χ4n) is 3.17. The fourth-order valence-corrected chi connectivity index (χ4v) is 3.17. The normalized spacial score (nSPS) is 12.5. The predicted molar refractivity (Wildman–Crippen MR) is 108 cm³/mol. The number of nitrogens with one attached hydrogen (secondary N) is 3. The Labute approximate surface area is 173 Å². The molecule has 7 nitrogen and oxygen atoms in total. The van der Waals surface area contributed by atoms with Gasteiger partial charge in [-0.2, -0.15) is 5.10 Å². The highest BCUT2D eigenvalue weighted by Gasteiger charge is 2.21. The van der Waals surface area contributed by atoms with Crippen LogP contribution in [0.3, 0.4) is 0 Å². The van der Waals surface area contributed by atoms with Crippen molar-refractivity contribution in [3.63, 3.8) is 0 Å². The lowest BCUT2D eigenvalue weighted by molar-refractivity contribution is 0.0944. The number of amides is 1. The summed E-state index contributed by atoms with van der Waals surface area (Å²) in [4.78, 5) is 16.5. The van der Waals surface area contributed by atoms with Gasteiger partial charge in [-0.3, -0.25) is 9.89 Å². The first-order valence-electron chi connectivity index (χ1n) is 8.47. The van der Waals surface area contributed by atoms with Crippen LogP contribution in [0.4, 0.5) is 4.39 Å². The second kappa shape index (κ2) is 9.18. The largest absolute Gasteiger partial charge is 0.347 e. The van der Waals surface area contributed by atoms with Crippen molar-refractivity contribution in [1.82, 2.24) is 30.4 Å². The first-order valence-corrected chi connectivity index (χ1v) is 8.47. The molecule has 3 heterocycles. The van der Waals surface area contributed by atoms with E-state index in [0.717, 1.165) is 24.2 Å². The number of benzene rings is 1. The molecule has 0 radical (unpaired) electrons. The van der Waals surface area contributed by atoms with Crippen molar-refractivity contribution in [3.05, 3.63) is 64.7 Å². The molecule has 1 aliphatic heterocycles. The number of nitrogens with zero attached hydrogens (tertiary/aromatic N) is 3. The zero-order chi connectivity index (χ0) is 18.1. The third-order valence-corrected chi connectivity index (χ3v) is 4.57. The summed E-state index contributed by atoms with van der Waals surface area (Å²) < 4.78 is 16.1. The van der Waals surface area contributed by atoms with Crippen LogP contribution in [0.25, 0.3) is 5.69 Å². The molecule has 10 heteroatoms. The van der Waals surface area contributed by atoms with Crippen LogP contribution in [0.5, 0.6) is 0 Å². The molecule has 0 spiro atoms. The van der Waals surface area contributed by atoms with Gasteiger partial charge in [-0.25, -0.2) is 9.37 Å². The maximum Gasteiger partial charge on any atom is 0.272 e. The molecule has 0 fully saturated rings. The maximum atomic E-state index is 14.4. The van der Waals surface area contributed by atoms with Crippen molar-refractivity contribution >= 4 is 30.7 Å². The fraction of sp³-hybridized carbons (Fsp3) is 0.278. The van der Waals surface area contributed by atoms with Gasteiger partial charge < -0.3 is 15.2 Å². The zero-order valence-corrected chi connectivity index (χ0v) is 16.8. The van der Waals surface area contributed by atoms with Gasteiger partial charge in [0.2, 0.25) is 0 Å². The summed E-state index contributed by atoms with van der Waals surface area (Å²) in [6.45, 7) is 3.54. The molecule has 1 aromatic carbocycles. The molecule has 28 heavy (non-hydrogen) atoms. The first-order chi connectivity index (χ1) is 12.6. The number of fused-ring (bicyclic) bond motifs is 1. The summed E-state index contributed by atoms with van der Waals surface area (Å²) in [6.07, 6.45) is 4.17. The van der Waals surface area contributed by atoms with Gasteiger partial charge in [-0.15, -0.1) is 24.8 Å². The lowest BCUT2D eigenvalue weighted by Crippen LogP contribution is -2.28. The molecule has 4 rings (SSSR count). The Morgan fingerprint density at radius 3 is 2.89 bits per heavy atom. The average molecular weight is 427 g/mol. The van der Waals surface area contributed by atoms with Gasteiger partial charge in [-0.1, -0.05) is 6.07 Å². The van der Waals surface area contributed by atoms with E-state index in [-0.39, 0.29) is 43.1 Å². The van der Waals surface area contributed by atoms with E-state index in [0.29, 0.717) is 29.3 Å². The number of hydrogen-bond acceptors (Lipinski definition) is 4. The number of hydrogen-bond donors (Lipinski definition) is 3. The number of aromatic nitrogens is 4. The Kier molecular flexibility index (Phi) is 7.17. The summed E-state index contributed by atoms with van der Waals surface area (Å²) in [5.74, 6) is 0.0854. The molecule has 150 valence electrons. The molecular weight excluding hydrogens is 406 g/mol. The highest BCUT2D eigenvalue weighted by atomic mass is 35.5. The highest BCUT2D eigenvalue weighted by Crippen LogP contribution is 2.18. The summed E-state index contributed by atoms with van der Waals surface area (Å²) in [5.41, 5.74) is 3.42. The Bertz CT molecular complexity index is 971. The van der Waals surface area contributed by atoms with Crippen LogP contribution in [-0.4, -0.2) is 32.2 Å². The molecule has 0 bridgehead atoms. The average Bonchev–Trinajstić information content (AvgIpc) is 3.26. The lowest BCUT2D eigenvalue weighted by Gasteiger charge is -2.13. The van der Waals surface area contributed by atoms with Gasteiger partial charge in [-0.05, 0) is 24.6 Å². The van der Waals surface area contributed by atoms with Crippen LogP contribution in [0.2, 0.25) is 0 Å². The van der Waals surface area contributed by atoms with Gasteiger partial charge >= 0.3 is 0 Å². The molecule has 3 N–H and O–H groups in total. The number of carbonyl (C=O) groups is 1. The molecule has 3 aromatic rings. The minimum atomic E-state index is -0.362. The Hall–Kier alpha value is -2.42. The van der Waals surface area contributed by atoms with Crippen LogP contribution in [0.1, 0.15) is 33.1 Å². The maximum absolute atomic E-state index is 14.4. The van der Waals surface area contributed by atoms with Gasteiger partial charge in [0.05, 0.1) is 5.69 Å². The number of aryl methyl sites for hydroxylation is 1. The molecule has 0 saturated carbocycles. The van der Waals surface area contributed by atoms with E-state index in [1.807, 2.05) is 6.92 Å².